The van der Waals surface area contributed by atoms with Gasteiger partial charge in [0.2, 0.25) is 0 Å². The van der Waals surface area contributed by atoms with Gasteiger partial charge in [0.15, 0.2) is 8.32 Å². The van der Waals surface area contributed by atoms with Crippen molar-refractivity contribution < 1.29 is 13.9 Å². The lowest BCUT2D eigenvalue weighted by Crippen LogP contribution is -2.35. The van der Waals surface area contributed by atoms with Crippen molar-refractivity contribution >= 4 is 8.32 Å². The van der Waals surface area contributed by atoms with E-state index in [1.807, 2.05) is 7.11 Å². The summed E-state index contributed by atoms with van der Waals surface area (Å²) < 4.78 is 16.4. The Hall–Kier alpha value is 0.0969. The molecule has 0 amide bonds. The summed E-state index contributed by atoms with van der Waals surface area (Å²) in [7, 11) is 0.330. The quantitative estimate of drug-likeness (QED) is 0.499. The summed E-state index contributed by atoms with van der Waals surface area (Å²) >= 11 is 0. The van der Waals surface area contributed by atoms with Crippen molar-refractivity contribution in [3.63, 3.8) is 0 Å². The number of hydrogen-bond donors (Lipinski definition) is 0. The highest BCUT2D eigenvalue weighted by molar-refractivity contribution is 6.72. The fraction of sp³-hybridized carbons (Fsp3) is 1.00. The molecule has 0 aliphatic carbocycles. The lowest BCUT2D eigenvalue weighted by molar-refractivity contribution is 0.0477. The van der Waals surface area contributed by atoms with Crippen molar-refractivity contribution in [2.75, 3.05) is 20.3 Å². The van der Waals surface area contributed by atoms with Gasteiger partial charge in [-0.1, -0.05) is 6.92 Å². The van der Waals surface area contributed by atoms with E-state index in [4.69, 9.17) is 13.9 Å². The van der Waals surface area contributed by atoms with Crippen molar-refractivity contribution in [1.29, 1.82) is 0 Å². The molecule has 1 aliphatic rings. The van der Waals surface area contributed by atoms with Crippen molar-refractivity contribution in [3.05, 3.63) is 0 Å². The molecular weight excluding hydrogens is 208 g/mol. The molecule has 1 heterocycles. The topological polar surface area (TPSA) is 31.0 Å². The van der Waals surface area contributed by atoms with Crippen molar-refractivity contribution in [3.8, 4) is 0 Å². The van der Waals surface area contributed by atoms with E-state index in [2.05, 4.69) is 26.9 Å². The number of ether oxygens (including phenoxy) is 2. The highest BCUT2D eigenvalue weighted by Gasteiger charge is 2.31. The molecule has 90 valence electrons. The molecule has 0 saturated carbocycles. The Morgan fingerprint density at radius 2 is 2.00 bits per heavy atom. The molecular formula is C11H24O3Si. The van der Waals surface area contributed by atoms with Gasteiger partial charge >= 0.3 is 0 Å². The van der Waals surface area contributed by atoms with Gasteiger partial charge in [-0.05, 0) is 32.0 Å². The third kappa shape index (κ3) is 4.63. The Balaban J connectivity index is 2.19. The number of hydrogen-bond acceptors (Lipinski definition) is 3. The highest BCUT2D eigenvalue weighted by Crippen LogP contribution is 2.27. The molecule has 3 atom stereocenters. The first-order chi connectivity index (χ1) is 6.95. The van der Waals surface area contributed by atoms with Gasteiger partial charge in [0.05, 0.1) is 19.3 Å². The average molecular weight is 232 g/mol. The van der Waals surface area contributed by atoms with Crippen LogP contribution in [0.3, 0.4) is 0 Å². The van der Waals surface area contributed by atoms with Gasteiger partial charge < -0.3 is 13.9 Å². The molecule has 1 saturated heterocycles. The molecule has 0 spiro atoms. The van der Waals surface area contributed by atoms with Gasteiger partial charge in [0.1, 0.15) is 6.10 Å². The zero-order valence-corrected chi connectivity index (χ0v) is 11.6. The van der Waals surface area contributed by atoms with Crippen LogP contribution in [0.4, 0.5) is 0 Å². The SMILES string of the molecule is CO[Si](C)(C)C(C)CC(C)OCC1CO1. The Morgan fingerprint density at radius 1 is 1.40 bits per heavy atom. The molecule has 0 aromatic rings. The van der Waals surface area contributed by atoms with E-state index in [-0.39, 0.29) is 0 Å². The lowest BCUT2D eigenvalue weighted by Gasteiger charge is -2.29. The molecule has 15 heavy (non-hydrogen) atoms. The molecule has 0 bridgehead atoms. The van der Waals surface area contributed by atoms with Crippen LogP contribution in [0.5, 0.6) is 0 Å². The minimum absolute atomic E-state index is 0.311. The second-order valence-electron chi connectivity index (χ2n) is 5.04. The van der Waals surface area contributed by atoms with Gasteiger partial charge in [-0.25, -0.2) is 0 Å². The van der Waals surface area contributed by atoms with E-state index in [0.29, 0.717) is 17.7 Å². The predicted molar refractivity (Wildman–Crippen MR) is 63.7 cm³/mol. The summed E-state index contributed by atoms with van der Waals surface area (Å²) in [5.74, 6) is 0. The number of epoxide rings is 1. The van der Waals surface area contributed by atoms with Crippen molar-refractivity contribution in [2.24, 2.45) is 0 Å². The maximum atomic E-state index is 5.72. The highest BCUT2D eigenvalue weighted by atomic mass is 28.4. The van der Waals surface area contributed by atoms with Crippen LogP contribution < -0.4 is 0 Å². The largest absolute Gasteiger partial charge is 0.420 e. The standard InChI is InChI=1S/C11H24O3Si/c1-9(13-7-11-8-14-11)6-10(2)15(4,5)12-3/h9-11H,6-8H2,1-5H3. The van der Waals surface area contributed by atoms with Crippen molar-refractivity contribution in [2.45, 2.75) is 51.1 Å². The van der Waals surface area contributed by atoms with Gasteiger partial charge in [-0.3, -0.25) is 0 Å². The molecule has 0 N–H and O–H groups in total. The molecule has 0 radical (unpaired) electrons. The van der Waals surface area contributed by atoms with E-state index in [9.17, 15) is 0 Å². The monoisotopic (exact) mass is 232 g/mol. The first kappa shape index (κ1) is 13.2. The molecule has 1 rings (SSSR count). The molecule has 3 unspecified atom stereocenters. The van der Waals surface area contributed by atoms with Gasteiger partial charge in [0, 0.05) is 7.11 Å². The van der Waals surface area contributed by atoms with E-state index in [1.54, 1.807) is 0 Å². The van der Waals surface area contributed by atoms with Crippen LogP contribution in [0.25, 0.3) is 0 Å². The van der Waals surface area contributed by atoms with Crippen LogP contribution in [0.15, 0.2) is 0 Å². The van der Waals surface area contributed by atoms with E-state index >= 15 is 0 Å². The number of rotatable bonds is 7. The summed E-state index contributed by atoms with van der Waals surface area (Å²) in [6.45, 7) is 10.6. The molecule has 1 aliphatic heterocycles. The predicted octanol–water partition coefficient (Wildman–Crippen LogP) is 2.42. The first-order valence-electron chi connectivity index (χ1n) is 5.74. The molecule has 0 aromatic carbocycles. The van der Waals surface area contributed by atoms with E-state index in [1.165, 1.54) is 0 Å². The van der Waals surface area contributed by atoms with Gasteiger partial charge in [0.25, 0.3) is 0 Å². The van der Waals surface area contributed by atoms with Gasteiger partial charge in [-0.15, -0.1) is 0 Å². The molecule has 3 nitrogen and oxygen atoms in total. The van der Waals surface area contributed by atoms with Crippen LogP contribution in [-0.4, -0.2) is 40.8 Å². The fourth-order valence-electron chi connectivity index (χ4n) is 1.49. The van der Waals surface area contributed by atoms with Crippen LogP contribution in [-0.2, 0) is 13.9 Å². The summed E-state index contributed by atoms with van der Waals surface area (Å²) in [5, 5.41) is 0. The Kier molecular flexibility index (Phi) is 4.77. The summed E-state index contributed by atoms with van der Waals surface area (Å²) in [6.07, 6.45) is 1.77. The third-order valence-electron chi connectivity index (χ3n) is 3.37. The van der Waals surface area contributed by atoms with E-state index in [0.717, 1.165) is 19.6 Å². The van der Waals surface area contributed by atoms with Crippen molar-refractivity contribution in [1.82, 2.24) is 0 Å². The summed E-state index contributed by atoms with van der Waals surface area (Å²) in [6, 6.07) is 0. The normalized spacial score (nSPS) is 25.0. The second kappa shape index (κ2) is 5.43. The molecule has 0 aromatic heterocycles. The minimum Gasteiger partial charge on any atom is -0.420 e. The van der Waals surface area contributed by atoms with E-state index < -0.39 is 8.32 Å². The summed E-state index contributed by atoms with van der Waals surface area (Å²) in [5.41, 5.74) is 0.623. The van der Waals surface area contributed by atoms with Crippen LogP contribution in [0.1, 0.15) is 20.3 Å². The second-order valence-corrected chi connectivity index (χ2v) is 9.64. The van der Waals surface area contributed by atoms with Crippen LogP contribution >= 0.6 is 0 Å². The smallest absolute Gasteiger partial charge is 0.189 e. The molecule has 1 fully saturated rings. The maximum absolute atomic E-state index is 5.72. The van der Waals surface area contributed by atoms with Crippen LogP contribution in [0, 0.1) is 0 Å². The zero-order chi connectivity index (χ0) is 11.5. The van der Waals surface area contributed by atoms with Gasteiger partial charge in [-0.2, -0.15) is 0 Å². The fourth-order valence-corrected chi connectivity index (χ4v) is 2.79. The Bertz CT molecular complexity index is 192. The zero-order valence-electron chi connectivity index (χ0n) is 10.6. The minimum atomic E-state index is -1.50. The Morgan fingerprint density at radius 3 is 2.47 bits per heavy atom. The van der Waals surface area contributed by atoms with Crippen LogP contribution in [0.2, 0.25) is 18.6 Å². The lowest BCUT2D eigenvalue weighted by atomic mass is 10.2. The third-order valence-corrected chi connectivity index (χ3v) is 7.03. The first-order valence-corrected chi connectivity index (χ1v) is 8.72. The molecule has 4 heteroatoms. The summed E-state index contributed by atoms with van der Waals surface area (Å²) in [4.78, 5) is 0. The average Bonchev–Trinajstić information content (AvgIpc) is 2.98. The Labute approximate surface area is 94.2 Å². The maximum Gasteiger partial charge on any atom is 0.189 e.